The number of anilines is 2. The Morgan fingerprint density at radius 2 is 2.00 bits per heavy atom. The lowest BCUT2D eigenvalue weighted by molar-refractivity contribution is -0.124. The first kappa shape index (κ1) is 20.1. The van der Waals surface area contributed by atoms with Crippen molar-refractivity contribution >= 4 is 34.0 Å². The van der Waals surface area contributed by atoms with Crippen LogP contribution in [0.5, 0.6) is 0 Å². The lowest BCUT2D eigenvalue weighted by Gasteiger charge is -2.11. The van der Waals surface area contributed by atoms with E-state index in [1.807, 2.05) is 0 Å². The Labute approximate surface area is 174 Å². The number of thiazole rings is 1. The van der Waals surface area contributed by atoms with Crippen LogP contribution in [-0.4, -0.2) is 29.5 Å². The maximum atomic E-state index is 13.9. The SMILES string of the molecule is O=C(Nc1nc(-c2cc(F)ccc2F)cs1)c1cccc(NC(=O)C2CCCO2)c1. The minimum absolute atomic E-state index is 0.0191. The van der Waals surface area contributed by atoms with Gasteiger partial charge in [-0.1, -0.05) is 6.07 Å². The molecule has 1 saturated heterocycles. The number of hydrogen-bond donors (Lipinski definition) is 2. The molecular formula is C21H17F2N3O3S. The van der Waals surface area contributed by atoms with E-state index >= 15 is 0 Å². The third kappa shape index (κ3) is 4.52. The number of halogens is 2. The number of ether oxygens (including phenoxy) is 1. The van der Waals surface area contributed by atoms with Crippen LogP contribution in [0.15, 0.2) is 47.8 Å². The van der Waals surface area contributed by atoms with Crippen molar-refractivity contribution in [3.05, 3.63) is 65.0 Å². The Hall–Kier alpha value is -3.17. The van der Waals surface area contributed by atoms with Crippen molar-refractivity contribution in [1.82, 2.24) is 4.98 Å². The summed E-state index contributed by atoms with van der Waals surface area (Å²) in [5, 5.41) is 7.16. The van der Waals surface area contributed by atoms with Crippen LogP contribution in [0.3, 0.4) is 0 Å². The number of nitrogens with one attached hydrogen (secondary N) is 2. The molecule has 1 aromatic heterocycles. The van der Waals surface area contributed by atoms with Gasteiger partial charge in [-0.25, -0.2) is 13.8 Å². The Balaban J connectivity index is 1.45. The molecule has 9 heteroatoms. The molecular weight excluding hydrogens is 412 g/mol. The summed E-state index contributed by atoms with van der Waals surface area (Å²) in [7, 11) is 0. The second kappa shape index (κ2) is 8.68. The van der Waals surface area contributed by atoms with Crippen LogP contribution in [0.1, 0.15) is 23.2 Å². The topological polar surface area (TPSA) is 80.3 Å². The predicted molar refractivity (Wildman–Crippen MR) is 109 cm³/mol. The van der Waals surface area contributed by atoms with Gasteiger partial charge in [-0.3, -0.25) is 14.9 Å². The van der Waals surface area contributed by atoms with E-state index in [1.165, 1.54) is 5.38 Å². The molecule has 0 radical (unpaired) electrons. The zero-order chi connectivity index (χ0) is 21.1. The van der Waals surface area contributed by atoms with Gasteiger partial charge in [0.2, 0.25) is 0 Å². The smallest absolute Gasteiger partial charge is 0.257 e. The van der Waals surface area contributed by atoms with E-state index in [9.17, 15) is 18.4 Å². The van der Waals surface area contributed by atoms with Gasteiger partial charge in [0, 0.05) is 28.8 Å². The van der Waals surface area contributed by atoms with Crippen molar-refractivity contribution in [1.29, 1.82) is 0 Å². The fourth-order valence-electron chi connectivity index (χ4n) is 3.06. The Bertz CT molecular complexity index is 1100. The number of nitrogens with zero attached hydrogens (tertiary/aromatic N) is 1. The molecule has 2 heterocycles. The van der Waals surface area contributed by atoms with Crippen LogP contribution in [0.2, 0.25) is 0 Å². The molecule has 1 aliphatic heterocycles. The molecule has 0 aliphatic carbocycles. The molecule has 1 unspecified atom stereocenters. The summed E-state index contributed by atoms with van der Waals surface area (Å²) >= 11 is 1.10. The minimum atomic E-state index is -0.603. The molecule has 1 fully saturated rings. The Kier molecular flexibility index (Phi) is 5.82. The van der Waals surface area contributed by atoms with E-state index in [-0.39, 0.29) is 22.3 Å². The summed E-state index contributed by atoms with van der Waals surface area (Å²) in [6.07, 6.45) is 1.04. The van der Waals surface area contributed by atoms with E-state index in [1.54, 1.807) is 24.3 Å². The summed E-state index contributed by atoms with van der Waals surface area (Å²) < 4.78 is 32.7. The molecule has 1 atom stereocenters. The molecule has 2 aromatic carbocycles. The fraction of sp³-hybridized carbons (Fsp3) is 0.190. The summed E-state index contributed by atoms with van der Waals surface area (Å²) in [5.74, 6) is -1.86. The van der Waals surface area contributed by atoms with E-state index in [0.29, 0.717) is 24.3 Å². The normalized spacial score (nSPS) is 15.7. The van der Waals surface area contributed by atoms with Crippen LogP contribution in [0.4, 0.5) is 19.6 Å². The van der Waals surface area contributed by atoms with Gasteiger partial charge in [0.15, 0.2) is 5.13 Å². The highest BCUT2D eigenvalue weighted by atomic mass is 32.1. The first-order chi connectivity index (χ1) is 14.5. The van der Waals surface area contributed by atoms with Crippen LogP contribution < -0.4 is 10.6 Å². The molecule has 30 heavy (non-hydrogen) atoms. The van der Waals surface area contributed by atoms with Crippen LogP contribution >= 0.6 is 11.3 Å². The van der Waals surface area contributed by atoms with Gasteiger partial charge in [-0.05, 0) is 49.2 Å². The molecule has 0 saturated carbocycles. The molecule has 1 aliphatic rings. The lowest BCUT2D eigenvalue weighted by atomic mass is 10.1. The van der Waals surface area contributed by atoms with Crippen molar-refractivity contribution in [3.63, 3.8) is 0 Å². The second-order valence-corrected chi connectivity index (χ2v) is 7.55. The average Bonchev–Trinajstić information content (AvgIpc) is 3.42. The van der Waals surface area contributed by atoms with Gasteiger partial charge in [-0.15, -0.1) is 11.3 Å². The highest BCUT2D eigenvalue weighted by Crippen LogP contribution is 2.28. The third-order valence-corrected chi connectivity index (χ3v) is 5.30. The first-order valence-corrected chi connectivity index (χ1v) is 10.1. The molecule has 2 N–H and O–H groups in total. The lowest BCUT2D eigenvalue weighted by Crippen LogP contribution is -2.27. The van der Waals surface area contributed by atoms with E-state index in [4.69, 9.17) is 4.74 Å². The van der Waals surface area contributed by atoms with Gasteiger partial charge in [0.25, 0.3) is 11.8 Å². The summed E-state index contributed by atoms with van der Waals surface area (Å²) in [6, 6.07) is 9.57. The maximum absolute atomic E-state index is 13.9. The van der Waals surface area contributed by atoms with Gasteiger partial charge in [0.05, 0.1) is 5.69 Å². The number of rotatable bonds is 5. The van der Waals surface area contributed by atoms with Crippen molar-refractivity contribution in [2.45, 2.75) is 18.9 Å². The zero-order valence-electron chi connectivity index (χ0n) is 15.7. The zero-order valence-corrected chi connectivity index (χ0v) is 16.5. The third-order valence-electron chi connectivity index (χ3n) is 4.54. The Morgan fingerprint density at radius 1 is 1.13 bits per heavy atom. The monoisotopic (exact) mass is 429 g/mol. The van der Waals surface area contributed by atoms with Crippen molar-refractivity contribution < 1.29 is 23.1 Å². The fourth-order valence-corrected chi connectivity index (χ4v) is 3.77. The van der Waals surface area contributed by atoms with Crippen molar-refractivity contribution in [2.75, 3.05) is 17.2 Å². The van der Waals surface area contributed by atoms with Gasteiger partial charge < -0.3 is 10.1 Å². The summed E-state index contributed by atoms with van der Waals surface area (Å²) in [6.45, 7) is 0.565. The molecule has 154 valence electrons. The maximum Gasteiger partial charge on any atom is 0.257 e. The van der Waals surface area contributed by atoms with Crippen LogP contribution in [-0.2, 0) is 9.53 Å². The second-order valence-electron chi connectivity index (χ2n) is 6.69. The molecule has 2 amide bonds. The van der Waals surface area contributed by atoms with Gasteiger partial charge in [0.1, 0.15) is 17.7 Å². The molecule has 4 rings (SSSR count). The van der Waals surface area contributed by atoms with Crippen molar-refractivity contribution in [3.8, 4) is 11.3 Å². The van der Waals surface area contributed by atoms with E-state index in [0.717, 1.165) is 36.0 Å². The Morgan fingerprint density at radius 3 is 2.80 bits per heavy atom. The van der Waals surface area contributed by atoms with Crippen molar-refractivity contribution in [2.24, 2.45) is 0 Å². The van der Waals surface area contributed by atoms with Gasteiger partial charge >= 0.3 is 0 Å². The number of carbonyl (C=O) groups is 2. The van der Waals surface area contributed by atoms with Crippen LogP contribution in [0.25, 0.3) is 11.3 Å². The average molecular weight is 429 g/mol. The largest absolute Gasteiger partial charge is 0.368 e. The minimum Gasteiger partial charge on any atom is -0.368 e. The number of benzene rings is 2. The molecule has 0 spiro atoms. The number of carbonyl (C=O) groups excluding carboxylic acids is 2. The number of hydrogen-bond acceptors (Lipinski definition) is 5. The first-order valence-electron chi connectivity index (χ1n) is 9.24. The molecule has 0 bridgehead atoms. The highest BCUT2D eigenvalue weighted by molar-refractivity contribution is 7.14. The van der Waals surface area contributed by atoms with E-state index < -0.39 is 23.6 Å². The van der Waals surface area contributed by atoms with Crippen LogP contribution in [0, 0.1) is 11.6 Å². The number of amides is 2. The number of aromatic nitrogens is 1. The quantitative estimate of drug-likeness (QED) is 0.628. The summed E-state index contributed by atoms with van der Waals surface area (Å²) in [5.41, 5.74) is 1.04. The standard InChI is InChI=1S/C21H17F2N3O3S/c22-13-6-7-16(23)15(10-13)17-11-30-21(25-17)26-19(27)12-3-1-4-14(9-12)24-20(28)18-5-2-8-29-18/h1,3-4,6-7,9-11,18H,2,5,8H2,(H,24,28)(H,25,26,27). The molecule has 6 nitrogen and oxygen atoms in total. The predicted octanol–water partition coefficient (Wildman–Crippen LogP) is 4.46. The van der Waals surface area contributed by atoms with E-state index in [2.05, 4.69) is 15.6 Å². The highest BCUT2D eigenvalue weighted by Gasteiger charge is 2.23. The van der Waals surface area contributed by atoms with Gasteiger partial charge in [-0.2, -0.15) is 0 Å². The molecule has 3 aromatic rings. The summed E-state index contributed by atoms with van der Waals surface area (Å²) in [4.78, 5) is 28.9.